The second-order valence-corrected chi connectivity index (χ2v) is 2.53. The first-order valence-electron chi connectivity index (χ1n) is 3.37. The Morgan fingerprint density at radius 3 is 1.00 bits per heavy atom. The highest BCUT2D eigenvalue weighted by Gasteiger charge is 2.25. The SMILES string of the molecule is CC(O)[C](C(C)O)C(C)O. The molecule has 0 aromatic heterocycles. The van der Waals surface area contributed by atoms with E-state index in [-0.39, 0.29) is 0 Å². The minimum absolute atomic E-state index is 0.361. The number of hydrogen-bond acceptors (Lipinski definition) is 3. The van der Waals surface area contributed by atoms with Gasteiger partial charge in [0.2, 0.25) is 0 Å². The predicted molar refractivity (Wildman–Crippen MR) is 38.3 cm³/mol. The predicted octanol–water partition coefficient (Wildman–Crippen LogP) is -0.297. The Morgan fingerprint density at radius 2 is 1.00 bits per heavy atom. The van der Waals surface area contributed by atoms with Crippen molar-refractivity contribution in [2.75, 3.05) is 0 Å². The third-order valence-corrected chi connectivity index (χ3v) is 1.45. The summed E-state index contributed by atoms with van der Waals surface area (Å²) in [4.78, 5) is 0. The lowest BCUT2D eigenvalue weighted by Crippen LogP contribution is -2.34. The largest absolute Gasteiger partial charge is 0.393 e. The first kappa shape index (κ1) is 9.88. The Labute approximate surface area is 61.3 Å². The summed E-state index contributed by atoms with van der Waals surface area (Å²) in [7, 11) is 0. The molecule has 10 heavy (non-hydrogen) atoms. The summed E-state index contributed by atoms with van der Waals surface area (Å²) < 4.78 is 0. The van der Waals surface area contributed by atoms with Gasteiger partial charge >= 0.3 is 0 Å². The van der Waals surface area contributed by atoms with E-state index in [4.69, 9.17) is 15.3 Å². The monoisotopic (exact) mass is 147 g/mol. The van der Waals surface area contributed by atoms with Crippen LogP contribution in [0.15, 0.2) is 0 Å². The molecular weight excluding hydrogens is 132 g/mol. The van der Waals surface area contributed by atoms with Gasteiger partial charge in [-0.1, -0.05) is 0 Å². The molecule has 0 heterocycles. The van der Waals surface area contributed by atoms with Crippen molar-refractivity contribution >= 4 is 0 Å². The van der Waals surface area contributed by atoms with Gasteiger partial charge in [-0.15, -0.1) is 0 Å². The van der Waals surface area contributed by atoms with Gasteiger partial charge < -0.3 is 15.3 Å². The molecule has 3 unspecified atom stereocenters. The zero-order valence-corrected chi connectivity index (χ0v) is 6.57. The summed E-state index contributed by atoms with van der Waals surface area (Å²) >= 11 is 0. The highest BCUT2D eigenvalue weighted by atomic mass is 16.3. The molecule has 61 valence electrons. The van der Waals surface area contributed by atoms with Crippen molar-refractivity contribution in [2.24, 2.45) is 0 Å². The Bertz CT molecular complexity index is 69.8. The molecule has 0 amide bonds. The fourth-order valence-electron chi connectivity index (χ4n) is 1.05. The average molecular weight is 147 g/mol. The molecule has 3 atom stereocenters. The molecule has 1 radical (unpaired) electrons. The molecule has 3 nitrogen and oxygen atoms in total. The van der Waals surface area contributed by atoms with Crippen molar-refractivity contribution in [1.82, 2.24) is 0 Å². The molecule has 0 fully saturated rings. The number of rotatable bonds is 3. The van der Waals surface area contributed by atoms with Gasteiger partial charge in [0.25, 0.3) is 0 Å². The van der Waals surface area contributed by atoms with Crippen LogP contribution in [0.1, 0.15) is 20.8 Å². The lowest BCUT2D eigenvalue weighted by atomic mass is 9.93. The summed E-state index contributed by atoms with van der Waals surface area (Å²) in [6, 6.07) is 0. The van der Waals surface area contributed by atoms with Crippen molar-refractivity contribution in [2.45, 2.75) is 39.1 Å². The van der Waals surface area contributed by atoms with E-state index < -0.39 is 18.3 Å². The third-order valence-electron chi connectivity index (χ3n) is 1.45. The van der Waals surface area contributed by atoms with Crippen molar-refractivity contribution in [1.29, 1.82) is 0 Å². The molecule has 0 saturated carbocycles. The lowest BCUT2D eigenvalue weighted by molar-refractivity contribution is 0.0648. The number of hydrogen-bond donors (Lipinski definition) is 3. The quantitative estimate of drug-likeness (QED) is 0.514. The van der Waals surface area contributed by atoms with Crippen LogP contribution in [0, 0.1) is 5.92 Å². The van der Waals surface area contributed by atoms with Crippen LogP contribution in [-0.2, 0) is 0 Å². The van der Waals surface area contributed by atoms with Crippen LogP contribution in [0.3, 0.4) is 0 Å². The molecule has 0 rings (SSSR count). The van der Waals surface area contributed by atoms with Gasteiger partial charge in [-0.05, 0) is 20.8 Å². The summed E-state index contributed by atoms with van der Waals surface area (Å²) in [5.74, 6) is 0.361. The topological polar surface area (TPSA) is 60.7 Å². The molecule has 3 heteroatoms. The summed E-state index contributed by atoms with van der Waals surface area (Å²) in [6.45, 7) is 4.57. The fraction of sp³-hybridized carbons (Fsp3) is 0.857. The Balaban J connectivity index is 3.98. The average Bonchev–Trinajstić information content (AvgIpc) is 1.59. The zero-order chi connectivity index (χ0) is 8.31. The van der Waals surface area contributed by atoms with E-state index in [2.05, 4.69) is 0 Å². The van der Waals surface area contributed by atoms with Crippen molar-refractivity contribution in [3.05, 3.63) is 5.92 Å². The van der Waals surface area contributed by atoms with Gasteiger partial charge in [0.05, 0.1) is 24.2 Å². The molecule has 0 spiro atoms. The second kappa shape index (κ2) is 3.91. The number of aliphatic hydroxyl groups excluding tert-OH is 3. The fourth-order valence-corrected chi connectivity index (χ4v) is 1.05. The molecular formula is C7H15O3. The second-order valence-electron chi connectivity index (χ2n) is 2.53. The van der Waals surface area contributed by atoms with Crippen molar-refractivity contribution < 1.29 is 15.3 Å². The smallest absolute Gasteiger partial charge is 0.0626 e. The lowest BCUT2D eigenvalue weighted by Gasteiger charge is -2.24. The van der Waals surface area contributed by atoms with Crippen LogP contribution in [0.5, 0.6) is 0 Å². The van der Waals surface area contributed by atoms with Gasteiger partial charge in [0.15, 0.2) is 0 Å². The third kappa shape index (κ3) is 2.64. The first-order valence-corrected chi connectivity index (χ1v) is 3.37. The molecule has 0 aliphatic heterocycles. The van der Waals surface area contributed by atoms with Crippen LogP contribution < -0.4 is 0 Å². The Morgan fingerprint density at radius 1 is 0.800 bits per heavy atom. The highest BCUT2D eigenvalue weighted by molar-refractivity contribution is 5.04. The van der Waals surface area contributed by atoms with Crippen molar-refractivity contribution in [3.8, 4) is 0 Å². The van der Waals surface area contributed by atoms with E-state index in [9.17, 15) is 0 Å². The standard InChI is InChI=1S/C7H15O3/c1-4(8)7(5(2)9)6(3)10/h4-6,8-10H,1-3H3. The first-order chi connectivity index (χ1) is 4.46. The maximum absolute atomic E-state index is 9.00. The van der Waals surface area contributed by atoms with Crippen LogP contribution in [0.25, 0.3) is 0 Å². The molecule has 3 N–H and O–H groups in total. The zero-order valence-electron chi connectivity index (χ0n) is 6.57. The van der Waals surface area contributed by atoms with Gasteiger partial charge in [0.1, 0.15) is 0 Å². The molecule has 0 aliphatic carbocycles. The normalized spacial score (nSPS) is 20.7. The van der Waals surface area contributed by atoms with Gasteiger partial charge in [-0.25, -0.2) is 0 Å². The molecule has 0 saturated heterocycles. The number of aliphatic hydroxyl groups is 3. The van der Waals surface area contributed by atoms with E-state index in [1.54, 1.807) is 0 Å². The molecule has 0 bridgehead atoms. The summed E-state index contributed by atoms with van der Waals surface area (Å²) in [6.07, 6.45) is -2.25. The molecule has 0 aromatic rings. The summed E-state index contributed by atoms with van der Waals surface area (Å²) in [5.41, 5.74) is 0. The Kier molecular flexibility index (Phi) is 3.86. The maximum Gasteiger partial charge on any atom is 0.0626 e. The van der Waals surface area contributed by atoms with Gasteiger partial charge in [0, 0.05) is 0 Å². The van der Waals surface area contributed by atoms with Gasteiger partial charge in [-0.3, -0.25) is 0 Å². The Hall–Kier alpha value is -0.120. The van der Waals surface area contributed by atoms with Crippen LogP contribution >= 0.6 is 0 Å². The van der Waals surface area contributed by atoms with Crippen LogP contribution in [0.4, 0.5) is 0 Å². The van der Waals surface area contributed by atoms with Crippen molar-refractivity contribution in [3.63, 3.8) is 0 Å². The highest BCUT2D eigenvalue weighted by Crippen LogP contribution is 2.16. The molecule has 0 aliphatic rings. The minimum atomic E-state index is -0.750. The maximum atomic E-state index is 9.00. The van der Waals surface area contributed by atoms with Crippen LogP contribution in [-0.4, -0.2) is 33.6 Å². The van der Waals surface area contributed by atoms with Gasteiger partial charge in [-0.2, -0.15) is 0 Å². The van der Waals surface area contributed by atoms with E-state index in [1.165, 1.54) is 20.8 Å². The van der Waals surface area contributed by atoms with E-state index in [0.717, 1.165) is 0 Å². The van der Waals surface area contributed by atoms with E-state index in [0.29, 0.717) is 5.92 Å². The minimum Gasteiger partial charge on any atom is -0.393 e. The van der Waals surface area contributed by atoms with Crippen LogP contribution in [0.2, 0.25) is 0 Å². The van der Waals surface area contributed by atoms with E-state index in [1.807, 2.05) is 0 Å². The van der Waals surface area contributed by atoms with E-state index >= 15 is 0 Å². The molecule has 0 aromatic carbocycles. The summed E-state index contributed by atoms with van der Waals surface area (Å²) in [5, 5.41) is 27.0.